The Balaban J connectivity index is 1.48. The van der Waals surface area contributed by atoms with E-state index in [1.54, 1.807) is 0 Å². The van der Waals surface area contributed by atoms with Crippen LogP contribution in [0.2, 0.25) is 0 Å². The molecule has 2 aliphatic rings. The molecule has 1 aliphatic heterocycles. The number of likely N-dealkylation sites (tertiary alicyclic amines) is 1. The van der Waals surface area contributed by atoms with Crippen LogP contribution in [-0.4, -0.2) is 29.4 Å². The van der Waals surface area contributed by atoms with Gasteiger partial charge in [-0.05, 0) is 55.4 Å². The lowest BCUT2D eigenvalue weighted by Gasteiger charge is -2.33. The largest absolute Gasteiger partial charge is 0.303 e. The molecule has 0 spiro atoms. The molecule has 0 saturated carbocycles. The summed E-state index contributed by atoms with van der Waals surface area (Å²) in [6.07, 6.45) is 12.7. The topological polar surface area (TPSA) is 3.24 Å². The second-order valence-electron chi connectivity index (χ2n) is 6.54. The Morgan fingerprint density at radius 1 is 1.18 bits per heavy atom. The van der Waals surface area contributed by atoms with Crippen molar-refractivity contribution in [2.75, 3.05) is 19.6 Å². The first kappa shape index (κ1) is 15.6. The predicted octanol–water partition coefficient (Wildman–Crippen LogP) is 4.59. The maximum Gasteiger partial charge on any atom is 0.0192 e. The highest BCUT2D eigenvalue weighted by Crippen LogP contribution is 2.22. The number of allylic oxidation sites excluding steroid dienone is 3. The number of hydrogen-bond donors (Lipinski definition) is 0. The lowest BCUT2D eigenvalue weighted by atomic mass is 9.91. The minimum atomic E-state index is 0.813. The Bertz CT molecular complexity index is 558. The van der Waals surface area contributed by atoms with Crippen molar-refractivity contribution in [2.24, 2.45) is 5.92 Å². The average molecular weight is 311 g/mol. The molecule has 22 heavy (non-hydrogen) atoms. The molecule has 116 valence electrons. The van der Waals surface area contributed by atoms with Gasteiger partial charge in [-0.15, -0.1) is 0 Å². The number of piperidine rings is 1. The van der Waals surface area contributed by atoms with Gasteiger partial charge in [0, 0.05) is 24.4 Å². The second kappa shape index (κ2) is 7.85. The number of hydrogen-bond acceptors (Lipinski definition) is 2. The van der Waals surface area contributed by atoms with E-state index in [1.807, 2.05) is 0 Å². The molecule has 0 bridgehead atoms. The predicted molar refractivity (Wildman–Crippen MR) is 98.4 cm³/mol. The minimum absolute atomic E-state index is 0.813. The monoisotopic (exact) mass is 311 g/mol. The molecular weight excluding hydrogens is 286 g/mol. The van der Waals surface area contributed by atoms with E-state index in [2.05, 4.69) is 53.5 Å². The molecule has 1 aliphatic carbocycles. The summed E-state index contributed by atoms with van der Waals surface area (Å²) in [6.45, 7) is 3.67. The molecule has 3 rings (SSSR count). The van der Waals surface area contributed by atoms with E-state index in [-0.39, 0.29) is 0 Å². The summed E-state index contributed by atoms with van der Waals surface area (Å²) >= 11 is 5.30. The van der Waals surface area contributed by atoms with Crippen LogP contribution in [-0.2, 0) is 6.42 Å². The highest BCUT2D eigenvalue weighted by Gasteiger charge is 2.20. The molecule has 1 fully saturated rings. The van der Waals surface area contributed by atoms with Gasteiger partial charge < -0.3 is 4.90 Å². The fourth-order valence-electron chi connectivity index (χ4n) is 3.55. The standard InChI is InChI=1S/C20H25NS/c22-20-10-4-8-18(15-20)11-13-21-12-5-9-19(16-21)14-17-6-2-1-3-7-17/h1-4,6-8,15,19H,5,9-14,16H2. The van der Waals surface area contributed by atoms with Crippen LogP contribution in [0.5, 0.6) is 0 Å². The van der Waals surface area contributed by atoms with Crippen molar-refractivity contribution in [3.63, 3.8) is 0 Å². The molecule has 1 heterocycles. The van der Waals surface area contributed by atoms with Crippen molar-refractivity contribution >= 4 is 17.1 Å². The number of nitrogens with zero attached hydrogens (tertiary/aromatic N) is 1. The van der Waals surface area contributed by atoms with Gasteiger partial charge >= 0.3 is 0 Å². The SMILES string of the molecule is S=C1C=C(CCN2CCCC(Cc3ccccc3)C2)C=CC1. The Kier molecular flexibility index (Phi) is 5.58. The molecule has 0 N–H and O–H groups in total. The summed E-state index contributed by atoms with van der Waals surface area (Å²) in [7, 11) is 0. The van der Waals surface area contributed by atoms with Crippen LogP contribution >= 0.6 is 12.2 Å². The first-order chi connectivity index (χ1) is 10.8. The van der Waals surface area contributed by atoms with Crippen molar-refractivity contribution < 1.29 is 0 Å². The van der Waals surface area contributed by atoms with Crippen LogP contribution in [0.25, 0.3) is 0 Å². The van der Waals surface area contributed by atoms with E-state index in [0.717, 1.165) is 23.6 Å². The Morgan fingerprint density at radius 2 is 2.05 bits per heavy atom. The summed E-state index contributed by atoms with van der Waals surface area (Å²) < 4.78 is 0. The van der Waals surface area contributed by atoms with Crippen LogP contribution in [0, 0.1) is 5.92 Å². The summed E-state index contributed by atoms with van der Waals surface area (Å²) in [5, 5.41) is 0. The lowest BCUT2D eigenvalue weighted by molar-refractivity contribution is 0.176. The van der Waals surface area contributed by atoms with Gasteiger partial charge in [0.05, 0.1) is 0 Å². The zero-order valence-electron chi connectivity index (χ0n) is 13.2. The van der Waals surface area contributed by atoms with Crippen LogP contribution < -0.4 is 0 Å². The number of rotatable bonds is 5. The zero-order chi connectivity index (χ0) is 15.2. The molecule has 0 aromatic heterocycles. The Morgan fingerprint density at radius 3 is 2.86 bits per heavy atom. The first-order valence-corrected chi connectivity index (χ1v) is 8.86. The van der Waals surface area contributed by atoms with Crippen molar-refractivity contribution in [1.82, 2.24) is 4.90 Å². The summed E-state index contributed by atoms with van der Waals surface area (Å²) in [5.41, 5.74) is 2.89. The molecule has 1 atom stereocenters. The maximum absolute atomic E-state index is 5.30. The summed E-state index contributed by atoms with van der Waals surface area (Å²) in [4.78, 5) is 3.72. The quantitative estimate of drug-likeness (QED) is 0.732. The third-order valence-corrected chi connectivity index (χ3v) is 4.97. The van der Waals surface area contributed by atoms with Crippen LogP contribution in [0.4, 0.5) is 0 Å². The second-order valence-corrected chi connectivity index (χ2v) is 7.07. The fourth-order valence-corrected chi connectivity index (χ4v) is 3.80. The Labute approximate surface area is 139 Å². The first-order valence-electron chi connectivity index (χ1n) is 8.46. The van der Waals surface area contributed by atoms with Crippen LogP contribution in [0.1, 0.15) is 31.2 Å². The van der Waals surface area contributed by atoms with Crippen molar-refractivity contribution in [3.8, 4) is 0 Å². The van der Waals surface area contributed by atoms with Gasteiger partial charge in [0.25, 0.3) is 0 Å². The van der Waals surface area contributed by atoms with Crippen molar-refractivity contribution in [3.05, 3.63) is 59.7 Å². The van der Waals surface area contributed by atoms with E-state index in [4.69, 9.17) is 12.2 Å². The molecule has 1 aromatic rings. The molecule has 1 saturated heterocycles. The van der Waals surface area contributed by atoms with Crippen molar-refractivity contribution in [2.45, 2.75) is 32.1 Å². The van der Waals surface area contributed by atoms with E-state index >= 15 is 0 Å². The van der Waals surface area contributed by atoms with Gasteiger partial charge in [0.2, 0.25) is 0 Å². The highest BCUT2D eigenvalue weighted by molar-refractivity contribution is 7.80. The fraction of sp³-hybridized carbons (Fsp3) is 0.450. The summed E-state index contributed by atoms with van der Waals surface area (Å²) in [6, 6.07) is 10.9. The van der Waals surface area contributed by atoms with Gasteiger partial charge in [-0.1, -0.05) is 54.7 Å². The van der Waals surface area contributed by atoms with Gasteiger partial charge in [-0.3, -0.25) is 0 Å². The van der Waals surface area contributed by atoms with Crippen LogP contribution in [0.3, 0.4) is 0 Å². The zero-order valence-corrected chi connectivity index (χ0v) is 14.0. The Hall–Kier alpha value is -1.25. The molecule has 1 aromatic carbocycles. The van der Waals surface area contributed by atoms with Gasteiger partial charge in [0.1, 0.15) is 0 Å². The molecule has 0 radical (unpaired) electrons. The molecule has 1 unspecified atom stereocenters. The molecular formula is C20H25NS. The van der Waals surface area contributed by atoms with Gasteiger partial charge in [-0.2, -0.15) is 0 Å². The van der Waals surface area contributed by atoms with E-state index in [0.29, 0.717) is 0 Å². The van der Waals surface area contributed by atoms with Crippen LogP contribution in [0.15, 0.2) is 54.1 Å². The van der Waals surface area contributed by atoms with Gasteiger partial charge in [-0.25, -0.2) is 0 Å². The average Bonchev–Trinajstić information content (AvgIpc) is 2.54. The maximum atomic E-state index is 5.30. The summed E-state index contributed by atoms with van der Waals surface area (Å²) in [5.74, 6) is 0.813. The van der Waals surface area contributed by atoms with E-state index in [1.165, 1.54) is 50.0 Å². The van der Waals surface area contributed by atoms with Crippen molar-refractivity contribution in [1.29, 1.82) is 0 Å². The normalized spacial score (nSPS) is 22.6. The smallest absolute Gasteiger partial charge is 0.0192 e. The number of benzene rings is 1. The lowest BCUT2D eigenvalue weighted by Crippen LogP contribution is -2.37. The van der Waals surface area contributed by atoms with E-state index < -0.39 is 0 Å². The third kappa shape index (κ3) is 4.62. The minimum Gasteiger partial charge on any atom is -0.303 e. The molecule has 0 amide bonds. The molecule has 1 nitrogen and oxygen atoms in total. The highest BCUT2D eigenvalue weighted by atomic mass is 32.1. The van der Waals surface area contributed by atoms with E-state index in [9.17, 15) is 0 Å². The third-order valence-electron chi connectivity index (χ3n) is 4.68. The van der Waals surface area contributed by atoms with Gasteiger partial charge in [0.15, 0.2) is 0 Å². The number of thiocarbonyl (C=S) groups is 1. The molecule has 2 heteroatoms.